The number of ether oxygens (including phenoxy) is 2. The van der Waals surface area contributed by atoms with E-state index in [-0.39, 0.29) is 0 Å². The molecule has 1 fully saturated rings. The number of hydrogen-bond acceptors (Lipinski definition) is 4. The summed E-state index contributed by atoms with van der Waals surface area (Å²) in [5, 5.41) is 0. The lowest BCUT2D eigenvalue weighted by Crippen LogP contribution is -2.33. The first-order valence-electron chi connectivity index (χ1n) is 7.02. The molecule has 0 bridgehead atoms. The van der Waals surface area contributed by atoms with E-state index in [2.05, 4.69) is 17.9 Å². The Kier molecular flexibility index (Phi) is 5.05. The molecule has 19 heavy (non-hydrogen) atoms. The van der Waals surface area contributed by atoms with E-state index in [1.165, 1.54) is 12.1 Å². The van der Waals surface area contributed by atoms with Gasteiger partial charge in [-0.25, -0.2) is 0 Å². The topological polar surface area (TPSA) is 47.7 Å². The number of anilines is 1. The van der Waals surface area contributed by atoms with E-state index in [0.717, 1.165) is 37.4 Å². The summed E-state index contributed by atoms with van der Waals surface area (Å²) in [7, 11) is 1.69. The number of nitrogens with zero attached hydrogens (tertiary/aromatic N) is 1. The molecule has 0 aliphatic carbocycles. The van der Waals surface area contributed by atoms with Crippen molar-refractivity contribution in [2.24, 2.45) is 5.73 Å². The Morgan fingerprint density at radius 2 is 2.32 bits per heavy atom. The molecule has 0 spiro atoms. The summed E-state index contributed by atoms with van der Waals surface area (Å²) in [6.07, 6.45) is 2.67. The predicted octanol–water partition coefficient (Wildman–Crippen LogP) is 2.16. The third-order valence-electron chi connectivity index (χ3n) is 3.68. The van der Waals surface area contributed by atoms with Crippen LogP contribution in [0.1, 0.15) is 25.3 Å². The molecular formula is C15H24N2O2. The molecule has 1 atom stereocenters. The van der Waals surface area contributed by atoms with Crippen molar-refractivity contribution in [1.82, 2.24) is 0 Å². The number of nitrogens with two attached hydrogens (primary N) is 1. The molecule has 1 heterocycles. The van der Waals surface area contributed by atoms with Crippen molar-refractivity contribution in [2.45, 2.75) is 32.4 Å². The molecule has 1 aliphatic heterocycles. The van der Waals surface area contributed by atoms with Gasteiger partial charge in [-0.05, 0) is 31.4 Å². The molecule has 0 aromatic heterocycles. The van der Waals surface area contributed by atoms with Crippen molar-refractivity contribution in [3.05, 3.63) is 23.8 Å². The fourth-order valence-electron chi connectivity index (χ4n) is 2.57. The fourth-order valence-corrected chi connectivity index (χ4v) is 2.57. The number of hydrogen-bond donors (Lipinski definition) is 1. The number of rotatable bonds is 6. The van der Waals surface area contributed by atoms with E-state index in [1.54, 1.807) is 7.11 Å². The van der Waals surface area contributed by atoms with E-state index in [0.29, 0.717) is 12.6 Å². The highest BCUT2D eigenvalue weighted by Gasteiger charge is 2.20. The quantitative estimate of drug-likeness (QED) is 0.855. The van der Waals surface area contributed by atoms with Crippen LogP contribution in [-0.4, -0.2) is 32.9 Å². The van der Waals surface area contributed by atoms with E-state index in [4.69, 9.17) is 15.2 Å². The fraction of sp³-hybridized carbons (Fsp3) is 0.600. The van der Waals surface area contributed by atoms with Gasteiger partial charge in [-0.15, -0.1) is 0 Å². The highest BCUT2D eigenvalue weighted by molar-refractivity contribution is 5.57. The van der Waals surface area contributed by atoms with Gasteiger partial charge in [0.25, 0.3) is 0 Å². The van der Waals surface area contributed by atoms with Crippen LogP contribution in [0.4, 0.5) is 5.69 Å². The Labute approximate surface area is 115 Å². The molecular weight excluding hydrogens is 240 g/mol. The molecule has 0 amide bonds. The standard InChI is InChI=1S/C15H24N2O2/c1-3-17(11-14-5-4-8-19-14)15-9-13(18-2)7-6-12(15)10-16/h6-7,9,14H,3-5,8,10-11,16H2,1-2H3. The third-order valence-corrected chi connectivity index (χ3v) is 3.68. The Bertz CT molecular complexity index is 403. The van der Waals surface area contributed by atoms with E-state index >= 15 is 0 Å². The molecule has 0 saturated carbocycles. The summed E-state index contributed by atoms with van der Waals surface area (Å²) < 4.78 is 11.1. The number of methoxy groups -OCH3 is 1. The van der Waals surface area contributed by atoms with Gasteiger partial charge in [-0.2, -0.15) is 0 Å². The minimum Gasteiger partial charge on any atom is -0.497 e. The Balaban J connectivity index is 2.19. The van der Waals surface area contributed by atoms with Gasteiger partial charge in [-0.1, -0.05) is 6.07 Å². The van der Waals surface area contributed by atoms with Crippen LogP contribution in [0.5, 0.6) is 5.75 Å². The Morgan fingerprint density at radius 1 is 1.47 bits per heavy atom. The number of benzene rings is 1. The molecule has 4 nitrogen and oxygen atoms in total. The Morgan fingerprint density at radius 3 is 2.89 bits per heavy atom. The molecule has 2 rings (SSSR count). The average molecular weight is 264 g/mol. The van der Waals surface area contributed by atoms with Gasteiger partial charge in [-0.3, -0.25) is 0 Å². The lowest BCUT2D eigenvalue weighted by molar-refractivity contribution is 0.115. The van der Waals surface area contributed by atoms with Crippen LogP contribution in [0.3, 0.4) is 0 Å². The summed E-state index contributed by atoms with van der Waals surface area (Å²) in [5.41, 5.74) is 8.16. The second-order valence-corrected chi connectivity index (χ2v) is 4.87. The molecule has 1 aromatic carbocycles. The summed E-state index contributed by atoms with van der Waals surface area (Å²) in [6, 6.07) is 6.08. The maximum absolute atomic E-state index is 5.84. The number of likely N-dealkylation sites (N-methyl/N-ethyl adjacent to an activating group) is 1. The van der Waals surface area contributed by atoms with Gasteiger partial charge < -0.3 is 20.1 Å². The normalized spacial score (nSPS) is 18.6. The van der Waals surface area contributed by atoms with Gasteiger partial charge in [0.05, 0.1) is 13.2 Å². The summed E-state index contributed by atoms with van der Waals surface area (Å²) in [6.45, 7) is 5.47. The first kappa shape index (κ1) is 14.2. The van der Waals surface area contributed by atoms with E-state index in [1.807, 2.05) is 12.1 Å². The summed E-state index contributed by atoms with van der Waals surface area (Å²) in [4.78, 5) is 2.33. The van der Waals surface area contributed by atoms with Gasteiger partial charge >= 0.3 is 0 Å². The third kappa shape index (κ3) is 3.39. The van der Waals surface area contributed by atoms with Gasteiger partial charge in [0.1, 0.15) is 5.75 Å². The molecule has 1 unspecified atom stereocenters. The largest absolute Gasteiger partial charge is 0.497 e. The zero-order valence-electron chi connectivity index (χ0n) is 11.9. The lowest BCUT2D eigenvalue weighted by atomic mass is 10.1. The first-order chi connectivity index (χ1) is 9.28. The second-order valence-electron chi connectivity index (χ2n) is 4.87. The van der Waals surface area contributed by atoms with Crippen LogP contribution >= 0.6 is 0 Å². The summed E-state index contributed by atoms with van der Waals surface area (Å²) >= 11 is 0. The van der Waals surface area contributed by atoms with Crippen molar-refractivity contribution in [2.75, 3.05) is 31.7 Å². The molecule has 1 aromatic rings. The van der Waals surface area contributed by atoms with Crippen molar-refractivity contribution in [3.63, 3.8) is 0 Å². The van der Waals surface area contributed by atoms with Crippen LogP contribution in [-0.2, 0) is 11.3 Å². The predicted molar refractivity (Wildman–Crippen MR) is 77.7 cm³/mol. The monoisotopic (exact) mass is 264 g/mol. The van der Waals surface area contributed by atoms with E-state index < -0.39 is 0 Å². The average Bonchev–Trinajstić information content (AvgIpc) is 2.97. The highest BCUT2D eigenvalue weighted by Crippen LogP contribution is 2.27. The van der Waals surface area contributed by atoms with E-state index in [9.17, 15) is 0 Å². The van der Waals surface area contributed by atoms with Crippen molar-refractivity contribution < 1.29 is 9.47 Å². The first-order valence-corrected chi connectivity index (χ1v) is 7.02. The molecule has 1 saturated heterocycles. The SMILES string of the molecule is CCN(CC1CCCO1)c1cc(OC)ccc1CN. The van der Waals surface area contributed by atoms with Gasteiger partial charge in [0, 0.05) is 38.0 Å². The molecule has 1 aliphatic rings. The van der Waals surface area contributed by atoms with Crippen molar-refractivity contribution in [1.29, 1.82) is 0 Å². The zero-order chi connectivity index (χ0) is 13.7. The molecule has 0 radical (unpaired) electrons. The molecule has 4 heteroatoms. The van der Waals surface area contributed by atoms with Gasteiger partial charge in [0.2, 0.25) is 0 Å². The van der Waals surface area contributed by atoms with Crippen molar-refractivity contribution in [3.8, 4) is 5.75 Å². The Hall–Kier alpha value is -1.26. The smallest absolute Gasteiger partial charge is 0.120 e. The molecule has 2 N–H and O–H groups in total. The van der Waals surface area contributed by atoms with Crippen LogP contribution in [0.2, 0.25) is 0 Å². The van der Waals surface area contributed by atoms with Crippen LogP contribution in [0, 0.1) is 0 Å². The van der Waals surface area contributed by atoms with Crippen LogP contribution in [0.25, 0.3) is 0 Å². The van der Waals surface area contributed by atoms with Crippen molar-refractivity contribution >= 4 is 5.69 Å². The lowest BCUT2D eigenvalue weighted by Gasteiger charge is -2.28. The summed E-state index contributed by atoms with van der Waals surface area (Å²) in [5.74, 6) is 0.873. The minimum absolute atomic E-state index is 0.344. The highest BCUT2D eigenvalue weighted by atomic mass is 16.5. The van der Waals surface area contributed by atoms with Gasteiger partial charge in [0.15, 0.2) is 0 Å². The van der Waals surface area contributed by atoms with Crippen LogP contribution in [0.15, 0.2) is 18.2 Å². The van der Waals surface area contributed by atoms with Crippen LogP contribution < -0.4 is 15.4 Å². The molecule has 106 valence electrons. The maximum atomic E-state index is 5.84. The second kappa shape index (κ2) is 6.78. The zero-order valence-corrected chi connectivity index (χ0v) is 11.9. The minimum atomic E-state index is 0.344. The maximum Gasteiger partial charge on any atom is 0.120 e.